The maximum Gasteiger partial charge on any atom is 0.240 e. The van der Waals surface area contributed by atoms with E-state index in [4.69, 9.17) is 0 Å². The van der Waals surface area contributed by atoms with Gasteiger partial charge in [0.25, 0.3) is 0 Å². The van der Waals surface area contributed by atoms with Gasteiger partial charge in [-0.05, 0) is 30.7 Å². The van der Waals surface area contributed by atoms with Crippen molar-refractivity contribution in [3.8, 4) is 0 Å². The molecule has 0 radical (unpaired) electrons. The Hall–Kier alpha value is -2.16. The van der Waals surface area contributed by atoms with Gasteiger partial charge in [0.2, 0.25) is 6.43 Å². The fourth-order valence-electron chi connectivity index (χ4n) is 2.79. The molecule has 0 saturated heterocycles. The number of rotatable bonds is 4. The Morgan fingerprint density at radius 1 is 1.10 bits per heavy atom. The Labute approximate surface area is 122 Å². The van der Waals surface area contributed by atoms with Crippen LogP contribution in [0.25, 0.3) is 27.4 Å². The lowest BCUT2D eigenvalue weighted by molar-refractivity contribution is 0.132. The Kier molecular flexibility index (Phi) is 3.50. The molecule has 0 amide bonds. The molecular formula is C18H17F2N. The van der Waals surface area contributed by atoms with Crippen LogP contribution in [0.3, 0.4) is 0 Å². The first kappa shape index (κ1) is 13.8. The van der Waals surface area contributed by atoms with Crippen molar-refractivity contribution in [2.45, 2.75) is 26.3 Å². The molecule has 0 unspecified atom stereocenters. The Bertz CT molecular complexity index is 815. The van der Waals surface area contributed by atoms with Gasteiger partial charge in [-0.25, -0.2) is 8.78 Å². The summed E-state index contributed by atoms with van der Waals surface area (Å²) in [7, 11) is 0. The van der Waals surface area contributed by atoms with Crippen LogP contribution in [-0.2, 0) is 6.54 Å². The average Bonchev–Trinajstić information content (AvgIpc) is 2.78. The highest BCUT2D eigenvalue weighted by Crippen LogP contribution is 2.31. The molecule has 2 aromatic carbocycles. The lowest BCUT2D eigenvalue weighted by Crippen LogP contribution is -2.02. The smallest absolute Gasteiger partial charge is 0.240 e. The summed E-state index contributed by atoms with van der Waals surface area (Å²) >= 11 is 0. The van der Waals surface area contributed by atoms with Gasteiger partial charge in [-0.2, -0.15) is 0 Å². The average molecular weight is 285 g/mol. The summed E-state index contributed by atoms with van der Waals surface area (Å²) in [6.07, 6.45) is -2.41. The third-order valence-corrected chi connectivity index (χ3v) is 3.84. The molecule has 0 bridgehead atoms. The number of alkyl halides is 2. The van der Waals surface area contributed by atoms with Gasteiger partial charge in [0.15, 0.2) is 0 Å². The highest BCUT2D eigenvalue weighted by molar-refractivity contribution is 6.08. The van der Waals surface area contributed by atoms with Gasteiger partial charge in [-0.1, -0.05) is 36.4 Å². The summed E-state index contributed by atoms with van der Waals surface area (Å²) in [5, 5.41) is 2.20. The third kappa shape index (κ3) is 2.44. The van der Waals surface area contributed by atoms with Crippen LogP contribution in [0.1, 0.15) is 18.9 Å². The van der Waals surface area contributed by atoms with Crippen molar-refractivity contribution in [2.75, 3.05) is 0 Å². The SMILES string of the molecule is C=C(C)c1ccc2c(c1)c1ccccc1n2CCC(F)F. The minimum atomic E-state index is -2.28. The summed E-state index contributed by atoms with van der Waals surface area (Å²) in [5.74, 6) is 0. The van der Waals surface area contributed by atoms with Crippen molar-refractivity contribution in [3.05, 3.63) is 54.6 Å². The van der Waals surface area contributed by atoms with Crippen LogP contribution >= 0.6 is 0 Å². The van der Waals surface area contributed by atoms with Crippen LogP contribution in [-0.4, -0.2) is 11.0 Å². The predicted molar refractivity (Wildman–Crippen MR) is 84.8 cm³/mol. The Morgan fingerprint density at radius 2 is 1.81 bits per heavy atom. The second-order valence-electron chi connectivity index (χ2n) is 5.36. The van der Waals surface area contributed by atoms with E-state index in [0.29, 0.717) is 6.54 Å². The number of benzene rings is 2. The fraction of sp³-hybridized carbons (Fsp3) is 0.222. The number of fused-ring (bicyclic) bond motifs is 3. The molecule has 0 fully saturated rings. The van der Waals surface area contributed by atoms with E-state index in [1.807, 2.05) is 47.9 Å². The van der Waals surface area contributed by atoms with Crippen molar-refractivity contribution in [3.63, 3.8) is 0 Å². The van der Waals surface area contributed by atoms with Crippen LogP contribution in [0, 0.1) is 0 Å². The first-order valence-corrected chi connectivity index (χ1v) is 7.03. The van der Waals surface area contributed by atoms with Crippen LogP contribution in [0.4, 0.5) is 8.78 Å². The number of aryl methyl sites for hydroxylation is 1. The van der Waals surface area contributed by atoms with Crippen molar-refractivity contribution >= 4 is 27.4 Å². The van der Waals surface area contributed by atoms with Gasteiger partial charge in [0.05, 0.1) is 0 Å². The molecule has 3 aromatic rings. The van der Waals surface area contributed by atoms with Crippen molar-refractivity contribution in [1.29, 1.82) is 0 Å². The zero-order valence-electron chi connectivity index (χ0n) is 11.9. The molecule has 0 N–H and O–H groups in total. The van der Waals surface area contributed by atoms with Gasteiger partial charge in [0.1, 0.15) is 0 Å². The molecule has 1 aromatic heterocycles. The molecule has 3 rings (SSSR count). The van der Waals surface area contributed by atoms with E-state index in [2.05, 4.69) is 12.6 Å². The summed E-state index contributed by atoms with van der Waals surface area (Å²) in [6.45, 7) is 6.27. The molecule has 0 aliphatic rings. The molecule has 1 heterocycles. The van der Waals surface area contributed by atoms with E-state index < -0.39 is 6.43 Å². The first-order valence-electron chi connectivity index (χ1n) is 7.03. The minimum Gasteiger partial charge on any atom is -0.340 e. The summed E-state index contributed by atoms with van der Waals surface area (Å²) in [5.41, 5.74) is 4.09. The number of hydrogen-bond acceptors (Lipinski definition) is 0. The van der Waals surface area contributed by atoms with Crippen molar-refractivity contribution < 1.29 is 8.78 Å². The molecule has 0 spiro atoms. The third-order valence-electron chi connectivity index (χ3n) is 3.84. The maximum absolute atomic E-state index is 12.6. The largest absolute Gasteiger partial charge is 0.340 e. The zero-order chi connectivity index (χ0) is 15.0. The van der Waals surface area contributed by atoms with E-state index in [0.717, 1.165) is 32.9 Å². The quantitative estimate of drug-likeness (QED) is 0.598. The Balaban J connectivity index is 2.26. The number of aromatic nitrogens is 1. The van der Waals surface area contributed by atoms with E-state index in [9.17, 15) is 8.78 Å². The lowest BCUT2D eigenvalue weighted by Gasteiger charge is -2.07. The monoisotopic (exact) mass is 285 g/mol. The van der Waals surface area contributed by atoms with Crippen molar-refractivity contribution in [1.82, 2.24) is 4.57 Å². The molecule has 0 saturated carbocycles. The van der Waals surface area contributed by atoms with Crippen LogP contribution in [0.2, 0.25) is 0 Å². The molecule has 0 aliphatic carbocycles. The molecule has 108 valence electrons. The van der Waals surface area contributed by atoms with Gasteiger partial charge in [-0.15, -0.1) is 0 Å². The first-order chi connectivity index (χ1) is 10.1. The number of nitrogens with zero attached hydrogens (tertiary/aromatic N) is 1. The fourth-order valence-corrected chi connectivity index (χ4v) is 2.79. The van der Waals surface area contributed by atoms with Gasteiger partial charge in [0, 0.05) is 34.8 Å². The number of hydrogen-bond donors (Lipinski definition) is 0. The highest BCUT2D eigenvalue weighted by atomic mass is 19.3. The molecule has 0 atom stereocenters. The molecule has 21 heavy (non-hydrogen) atoms. The van der Waals surface area contributed by atoms with Crippen LogP contribution < -0.4 is 0 Å². The number of allylic oxidation sites excluding steroid dienone is 1. The number of halogens is 2. The summed E-state index contributed by atoms with van der Waals surface area (Å²) in [4.78, 5) is 0. The second kappa shape index (κ2) is 5.32. The van der Waals surface area contributed by atoms with Crippen molar-refractivity contribution in [2.24, 2.45) is 0 Å². The van der Waals surface area contributed by atoms with E-state index in [-0.39, 0.29) is 6.42 Å². The van der Waals surface area contributed by atoms with Gasteiger partial charge in [-0.3, -0.25) is 0 Å². The summed E-state index contributed by atoms with van der Waals surface area (Å²) in [6, 6.07) is 14.1. The van der Waals surface area contributed by atoms with Crippen LogP contribution in [0.15, 0.2) is 49.0 Å². The van der Waals surface area contributed by atoms with E-state index in [1.54, 1.807) is 0 Å². The van der Waals surface area contributed by atoms with Crippen LogP contribution in [0.5, 0.6) is 0 Å². The normalized spacial score (nSPS) is 11.6. The van der Waals surface area contributed by atoms with Gasteiger partial charge >= 0.3 is 0 Å². The second-order valence-corrected chi connectivity index (χ2v) is 5.36. The topological polar surface area (TPSA) is 4.93 Å². The lowest BCUT2D eigenvalue weighted by atomic mass is 10.1. The van der Waals surface area contributed by atoms with E-state index >= 15 is 0 Å². The highest BCUT2D eigenvalue weighted by Gasteiger charge is 2.12. The van der Waals surface area contributed by atoms with E-state index in [1.165, 1.54) is 0 Å². The molecular weight excluding hydrogens is 268 g/mol. The molecule has 1 nitrogen and oxygen atoms in total. The predicted octanol–water partition coefficient (Wildman–Crippen LogP) is 5.48. The summed E-state index contributed by atoms with van der Waals surface area (Å²) < 4.78 is 27.1. The molecule has 0 aliphatic heterocycles. The minimum absolute atomic E-state index is 0.129. The zero-order valence-corrected chi connectivity index (χ0v) is 11.9. The standard InChI is InChI=1S/C18H17F2N/c1-12(2)13-7-8-17-15(11-13)14-5-3-4-6-16(14)21(17)10-9-18(19)20/h3-8,11,18H,1,9-10H2,2H3. The molecule has 3 heteroatoms. The number of para-hydroxylation sites is 1. The maximum atomic E-state index is 12.6. The van der Waals surface area contributed by atoms with Gasteiger partial charge < -0.3 is 4.57 Å². The Morgan fingerprint density at radius 3 is 2.52 bits per heavy atom.